The van der Waals surface area contributed by atoms with Gasteiger partial charge in [0.15, 0.2) is 5.69 Å². The number of hydrogen-bond donors (Lipinski definition) is 1. The summed E-state index contributed by atoms with van der Waals surface area (Å²) in [5, 5.41) is 8.77. The van der Waals surface area contributed by atoms with Gasteiger partial charge in [0.05, 0.1) is 0 Å². The van der Waals surface area contributed by atoms with Crippen LogP contribution in [0.15, 0.2) is 0 Å². The summed E-state index contributed by atoms with van der Waals surface area (Å²) < 4.78 is 37.3. The van der Waals surface area contributed by atoms with E-state index in [1.165, 1.54) is 0 Å². The fourth-order valence-corrected chi connectivity index (χ4v) is 2.08. The van der Waals surface area contributed by atoms with Crippen molar-refractivity contribution in [3.63, 3.8) is 0 Å². The average molecular weight is 254 g/mol. The Labute approximate surface area is 93.3 Å². The van der Waals surface area contributed by atoms with Gasteiger partial charge in [0.25, 0.3) is 0 Å². The van der Waals surface area contributed by atoms with Crippen LogP contribution in [-0.2, 0) is 12.7 Å². The maximum Gasteiger partial charge on any atom is 0.435 e. The van der Waals surface area contributed by atoms with Gasteiger partial charge in [-0.3, -0.25) is 0 Å². The van der Waals surface area contributed by atoms with Gasteiger partial charge in [-0.15, -0.1) is 11.3 Å². The van der Waals surface area contributed by atoms with Crippen molar-refractivity contribution in [2.45, 2.75) is 12.7 Å². The third kappa shape index (κ3) is 2.92. The van der Waals surface area contributed by atoms with Gasteiger partial charge in [-0.2, -0.15) is 13.2 Å². The van der Waals surface area contributed by atoms with Crippen LogP contribution in [-0.4, -0.2) is 35.1 Å². The molecule has 1 heterocycles. The van der Waals surface area contributed by atoms with E-state index >= 15 is 0 Å². The Hall–Kier alpha value is -1.15. The molecule has 1 aromatic heterocycles. The Balaban J connectivity index is 3.16. The van der Waals surface area contributed by atoms with Crippen LogP contribution in [0.25, 0.3) is 0 Å². The van der Waals surface area contributed by atoms with E-state index in [0.29, 0.717) is 11.3 Å². The molecule has 0 radical (unpaired) electrons. The van der Waals surface area contributed by atoms with Crippen LogP contribution in [0.2, 0.25) is 0 Å². The number of nitrogens with zero attached hydrogens (tertiary/aromatic N) is 2. The van der Waals surface area contributed by atoms with Crippen molar-refractivity contribution in [1.82, 2.24) is 9.88 Å². The van der Waals surface area contributed by atoms with Crippen LogP contribution in [0.1, 0.15) is 20.4 Å². The van der Waals surface area contributed by atoms with Crippen LogP contribution >= 0.6 is 11.3 Å². The number of rotatable bonds is 3. The van der Waals surface area contributed by atoms with Gasteiger partial charge >= 0.3 is 12.1 Å². The molecule has 90 valence electrons. The second-order valence-electron chi connectivity index (χ2n) is 3.33. The SMILES string of the molecule is CN(C)Cc1nc(C(F)(F)F)c(C(=O)O)s1. The van der Waals surface area contributed by atoms with Crippen molar-refractivity contribution in [3.05, 3.63) is 15.6 Å². The van der Waals surface area contributed by atoms with Gasteiger partial charge < -0.3 is 10.0 Å². The first-order chi connectivity index (χ1) is 7.21. The monoisotopic (exact) mass is 254 g/mol. The smallest absolute Gasteiger partial charge is 0.435 e. The highest BCUT2D eigenvalue weighted by atomic mass is 32.1. The molecule has 0 saturated carbocycles. The van der Waals surface area contributed by atoms with E-state index < -0.39 is 22.7 Å². The van der Waals surface area contributed by atoms with E-state index in [1.807, 2.05) is 0 Å². The highest BCUT2D eigenvalue weighted by Gasteiger charge is 2.39. The molecule has 0 atom stereocenters. The zero-order valence-corrected chi connectivity index (χ0v) is 9.32. The Morgan fingerprint density at radius 2 is 2.06 bits per heavy atom. The lowest BCUT2D eigenvalue weighted by Gasteiger charge is -2.05. The normalized spacial score (nSPS) is 12.1. The zero-order valence-electron chi connectivity index (χ0n) is 8.50. The predicted octanol–water partition coefficient (Wildman–Crippen LogP) is 1.92. The minimum absolute atomic E-state index is 0.134. The van der Waals surface area contributed by atoms with E-state index in [1.54, 1.807) is 19.0 Å². The Kier molecular flexibility index (Phi) is 3.54. The van der Waals surface area contributed by atoms with E-state index in [0.717, 1.165) is 0 Å². The maximum absolute atomic E-state index is 12.4. The topological polar surface area (TPSA) is 53.4 Å². The molecular formula is C8H9F3N2O2S. The summed E-state index contributed by atoms with van der Waals surface area (Å²) in [5.41, 5.74) is -1.32. The van der Waals surface area contributed by atoms with Gasteiger partial charge in [0.1, 0.15) is 9.88 Å². The third-order valence-electron chi connectivity index (χ3n) is 1.59. The lowest BCUT2D eigenvalue weighted by atomic mass is 10.3. The number of carbonyl (C=O) groups is 1. The van der Waals surface area contributed by atoms with Gasteiger partial charge in [0, 0.05) is 6.54 Å². The number of halogens is 3. The molecule has 1 aromatic rings. The predicted molar refractivity (Wildman–Crippen MR) is 51.5 cm³/mol. The van der Waals surface area contributed by atoms with Gasteiger partial charge in [-0.1, -0.05) is 0 Å². The molecule has 0 aliphatic heterocycles. The van der Waals surface area contributed by atoms with Crippen LogP contribution in [0.4, 0.5) is 13.2 Å². The van der Waals surface area contributed by atoms with Crippen molar-refractivity contribution in [1.29, 1.82) is 0 Å². The summed E-state index contributed by atoms with van der Waals surface area (Å²) in [6, 6.07) is 0. The maximum atomic E-state index is 12.4. The van der Waals surface area contributed by atoms with Crippen molar-refractivity contribution < 1.29 is 23.1 Å². The van der Waals surface area contributed by atoms with Gasteiger partial charge in [-0.05, 0) is 14.1 Å². The molecule has 1 rings (SSSR count). The average Bonchev–Trinajstić information content (AvgIpc) is 2.45. The fourth-order valence-electron chi connectivity index (χ4n) is 1.04. The van der Waals surface area contributed by atoms with E-state index in [9.17, 15) is 18.0 Å². The summed E-state index contributed by atoms with van der Waals surface area (Å²) >= 11 is 0.550. The first kappa shape index (κ1) is 12.9. The Morgan fingerprint density at radius 1 is 1.50 bits per heavy atom. The number of aromatic carboxylic acids is 1. The highest BCUT2D eigenvalue weighted by Crippen LogP contribution is 2.34. The van der Waals surface area contributed by atoms with Gasteiger partial charge in [-0.25, -0.2) is 9.78 Å². The standard InChI is InChI=1S/C8H9F3N2O2S/c1-13(2)3-4-12-6(8(9,10)11)5(16-4)7(14)15/h3H2,1-2H3,(H,14,15). The number of alkyl halides is 3. The molecule has 0 aromatic carbocycles. The molecular weight excluding hydrogens is 245 g/mol. The van der Waals surface area contributed by atoms with Crippen molar-refractivity contribution in [2.24, 2.45) is 0 Å². The zero-order chi connectivity index (χ0) is 12.5. The molecule has 0 aliphatic carbocycles. The summed E-state index contributed by atoms with van der Waals surface area (Å²) in [7, 11) is 3.32. The second kappa shape index (κ2) is 4.38. The molecule has 0 aliphatic rings. The number of carboxylic acid groups (broad SMARTS) is 1. The van der Waals surface area contributed by atoms with Crippen molar-refractivity contribution >= 4 is 17.3 Å². The summed E-state index contributed by atoms with van der Waals surface area (Å²) in [6.07, 6.45) is -4.73. The Morgan fingerprint density at radius 3 is 2.38 bits per heavy atom. The second-order valence-corrected chi connectivity index (χ2v) is 4.41. The van der Waals surface area contributed by atoms with Crippen molar-refractivity contribution in [2.75, 3.05) is 14.1 Å². The first-order valence-corrected chi connectivity index (χ1v) is 4.98. The molecule has 0 bridgehead atoms. The summed E-state index contributed by atoms with van der Waals surface area (Å²) in [6.45, 7) is 0.182. The Bertz CT molecular complexity index is 400. The molecule has 0 spiro atoms. The fraction of sp³-hybridized carbons (Fsp3) is 0.500. The first-order valence-electron chi connectivity index (χ1n) is 4.16. The molecule has 0 amide bonds. The minimum atomic E-state index is -4.73. The van der Waals surface area contributed by atoms with Crippen LogP contribution < -0.4 is 0 Å². The van der Waals surface area contributed by atoms with E-state index in [4.69, 9.17) is 5.11 Å². The molecule has 16 heavy (non-hydrogen) atoms. The lowest BCUT2D eigenvalue weighted by Crippen LogP contribution is -2.13. The molecule has 0 fully saturated rings. The molecule has 0 unspecified atom stereocenters. The van der Waals surface area contributed by atoms with E-state index in [-0.39, 0.29) is 11.6 Å². The summed E-state index contributed by atoms with van der Waals surface area (Å²) in [5.74, 6) is -1.60. The van der Waals surface area contributed by atoms with Crippen LogP contribution in [0.3, 0.4) is 0 Å². The lowest BCUT2D eigenvalue weighted by molar-refractivity contribution is -0.141. The van der Waals surface area contributed by atoms with E-state index in [2.05, 4.69) is 4.98 Å². The minimum Gasteiger partial charge on any atom is -0.477 e. The molecule has 1 N–H and O–H groups in total. The van der Waals surface area contributed by atoms with Crippen LogP contribution in [0, 0.1) is 0 Å². The number of hydrogen-bond acceptors (Lipinski definition) is 4. The molecule has 4 nitrogen and oxygen atoms in total. The third-order valence-corrected chi connectivity index (χ3v) is 2.61. The number of thiazole rings is 1. The number of aromatic nitrogens is 1. The largest absolute Gasteiger partial charge is 0.477 e. The molecule has 0 saturated heterocycles. The highest BCUT2D eigenvalue weighted by molar-refractivity contribution is 7.13. The summed E-state index contributed by atoms with van der Waals surface area (Å²) in [4.78, 5) is 14.8. The van der Waals surface area contributed by atoms with Gasteiger partial charge in [0.2, 0.25) is 0 Å². The molecule has 8 heteroatoms. The van der Waals surface area contributed by atoms with Crippen LogP contribution in [0.5, 0.6) is 0 Å². The number of carboxylic acids is 1. The quantitative estimate of drug-likeness (QED) is 0.895. The van der Waals surface area contributed by atoms with Crippen molar-refractivity contribution in [3.8, 4) is 0 Å².